The Kier molecular flexibility index (Phi) is 10.9. The van der Waals surface area contributed by atoms with Crippen molar-refractivity contribution in [3.8, 4) is 0 Å². The first-order valence-electron chi connectivity index (χ1n) is 13.8. The first-order chi connectivity index (χ1) is 19.0. The van der Waals surface area contributed by atoms with E-state index in [0.717, 1.165) is 33.8 Å². The molecule has 0 aliphatic carbocycles. The molecule has 0 aromatic heterocycles. The van der Waals surface area contributed by atoms with Gasteiger partial charge in [-0.3, -0.25) is 13.9 Å². The van der Waals surface area contributed by atoms with Crippen molar-refractivity contribution in [3.05, 3.63) is 95.6 Å². The Labute approximate surface area is 239 Å². The van der Waals surface area contributed by atoms with Gasteiger partial charge in [-0.1, -0.05) is 87.4 Å². The molecule has 214 valence electrons. The molecule has 7 nitrogen and oxygen atoms in total. The first-order valence-corrected chi connectivity index (χ1v) is 15.3. The molecular formula is C32H41N3O4S. The van der Waals surface area contributed by atoms with Gasteiger partial charge in [0.25, 0.3) is 10.0 Å². The second-order valence-electron chi connectivity index (χ2n) is 10.4. The van der Waals surface area contributed by atoms with E-state index in [1.807, 2.05) is 50.2 Å². The Morgan fingerprint density at radius 3 is 2.17 bits per heavy atom. The van der Waals surface area contributed by atoms with Crippen LogP contribution in [0.2, 0.25) is 0 Å². The summed E-state index contributed by atoms with van der Waals surface area (Å²) in [5.74, 6) is -0.466. The zero-order valence-corrected chi connectivity index (χ0v) is 24.9. The van der Waals surface area contributed by atoms with Gasteiger partial charge in [-0.2, -0.15) is 0 Å². The molecule has 8 heteroatoms. The highest BCUT2D eigenvalue weighted by Gasteiger charge is 2.32. The number of rotatable bonds is 13. The second-order valence-corrected chi connectivity index (χ2v) is 12.3. The highest BCUT2D eigenvalue weighted by Crippen LogP contribution is 2.26. The van der Waals surface area contributed by atoms with Crippen molar-refractivity contribution in [1.29, 1.82) is 0 Å². The molecule has 3 aromatic rings. The van der Waals surface area contributed by atoms with E-state index >= 15 is 0 Å². The lowest BCUT2D eigenvalue weighted by Gasteiger charge is -2.32. The van der Waals surface area contributed by atoms with E-state index in [-0.39, 0.29) is 23.3 Å². The summed E-state index contributed by atoms with van der Waals surface area (Å²) in [4.78, 5) is 28.6. The topological polar surface area (TPSA) is 86.8 Å². The fourth-order valence-corrected chi connectivity index (χ4v) is 5.84. The van der Waals surface area contributed by atoms with E-state index in [4.69, 9.17) is 0 Å². The van der Waals surface area contributed by atoms with Crippen molar-refractivity contribution in [2.24, 2.45) is 0 Å². The summed E-state index contributed by atoms with van der Waals surface area (Å²) in [7, 11) is -4.07. The van der Waals surface area contributed by atoms with Gasteiger partial charge in [-0.15, -0.1) is 0 Å². The summed E-state index contributed by atoms with van der Waals surface area (Å²) >= 11 is 0. The Bertz CT molecular complexity index is 1370. The number of aryl methyl sites for hydroxylation is 1. The minimum atomic E-state index is -4.07. The average molecular weight is 564 g/mol. The van der Waals surface area contributed by atoms with E-state index in [1.165, 1.54) is 17.0 Å². The summed E-state index contributed by atoms with van der Waals surface area (Å²) in [5, 5.41) is 2.91. The van der Waals surface area contributed by atoms with Crippen LogP contribution in [0.4, 0.5) is 5.69 Å². The molecule has 0 aliphatic heterocycles. The number of benzene rings is 3. The summed E-state index contributed by atoms with van der Waals surface area (Å²) in [6.07, 6.45) is 1.77. The van der Waals surface area contributed by atoms with Gasteiger partial charge in [0, 0.05) is 13.1 Å². The number of sulfonamides is 1. The smallest absolute Gasteiger partial charge is 0.264 e. The number of nitrogens with zero attached hydrogens (tertiary/aromatic N) is 2. The molecular weight excluding hydrogens is 522 g/mol. The number of hydrogen-bond donors (Lipinski definition) is 1. The Morgan fingerprint density at radius 1 is 0.900 bits per heavy atom. The Balaban J connectivity index is 2.00. The fourth-order valence-electron chi connectivity index (χ4n) is 4.40. The number of unbranched alkanes of at least 4 members (excludes halogenated alkanes) is 1. The molecule has 0 saturated carbocycles. The molecule has 3 aromatic carbocycles. The zero-order chi connectivity index (χ0) is 29.3. The lowest BCUT2D eigenvalue weighted by Crippen LogP contribution is -2.51. The van der Waals surface area contributed by atoms with Crippen molar-refractivity contribution in [2.45, 2.75) is 70.9 Å². The van der Waals surface area contributed by atoms with Crippen LogP contribution >= 0.6 is 0 Å². The van der Waals surface area contributed by atoms with Crippen LogP contribution in [0.15, 0.2) is 83.8 Å². The van der Waals surface area contributed by atoms with E-state index in [9.17, 15) is 18.0 Å². The van der Waals surface area contributed by atoms with Gasteiger partial charge in [-0.05, 0) is 61.6 Å². The number of anilines is 1. The maximum atomic E-state index is 14.0. The predicted molar refractivity (Wildman–Crippen MR) is 161 cm³/mol. The monoisotopic (exact) mass is 563 g/mol. The van der Waals surface area contributed by atoms with Crippen LogP contribution in [-0.4, -0.2) is 44.3 Å². The number of carbonyl (C=O) groups excluding carboxylic acids is 2. The molecule has 1 N–H and O–H groups in total. The maximum Gasteiger partial charge on any atom is 0.264 e. The molecule has 40 heavy (non-hydrogen) atoms. The Hall–Kier alpha value is -3.65. The van der Waals surface area contributed by atoms with Crippen LogP contribution in [0.25, 0.3) is 0 Å². The van der Waals surface area contributed by atoms with Crippen molar-refractivity contribution in [3.63, 3.8) is 0 Å². The lowest BCUT2D eigenvalue weighted by atomic mass is 10.0. The molecule has 0 radical (unpaired) electrons. The van der Waals surface area contributed by atoms with E-state index in [0.29, 0.717) is 12.2 Å². The van der Waals surface area contributed by atoms with Crippen LogP contribution in [-0.2, 0) is 26.2 Å². The van der Waals surface area contributed by atoms with Crippen molar-refractivity contribution < 1.29 is 18.0 Å². The maximum absolute atomic E-state index is 14.0. The number of hydrogen-bond acceptors (Lipinski definition) is 4. The first kappa shape index (κ1) is 30.9. The van der Waals surface area contributed by atoms with Gasteiger partial charge >= 0.3 is 0 Å². The van der Waals surface area contributed by atoms with E-state index in [1.54, 1.807) is 37.3 Å². The molecule has 1 unspecified atom stereocenters. The van der Waals surface area contributed by atoms with Crippen LogP contribution in [0, 0.1) is 6.92 Å². The van der Waals surface area contributed by atoms with Crippen LogP contribution in [0.3, 0.4) is 0 Å². The molecule has 0 saturated heterocycles. The average Bonchev–Trinajstić information content (AvgIpc) is 2.94. The summed E-state index contributed by atoms with van der Waals surface area (Å²) in [5.41, 5.74) is 3.34. The lowest BCUT2D eigenvalue weighted by molar-refractivity contribution is -0.139. The van der Waals surface area contributed by atoms with Crippen LogP contribution in [0.5, 0.6) is 0 Å². The van der Waals surface area contributed by atoms with Crippen molar-refractivity contribution in [1.82, 2.24) is 10.2 Å². The molecule has 0 fully saturated rings. The number of carbonyl (C=O) groups is 2. The second kappa shape index (κ2) is 14.1. The highest BCUT2D eigenvalue weighted by molar-refractivity contribution is 7.92. The molecule has 0 bridgehead atoms. The zero-order valence-electron chi connectivity index (χ0n) is 24.1. The molecule has 0 spiro atoms. The van der Waals surface area contributed by atoms with Gasteiger partial charge < -0.3 is 10.2 Å². The molecule has 0 heterocycles. The Morgan fingerprint density at radius 2 is 1.57 bits per heavy atom. The summed E-state index contributed by atoms with van der Waals surface area (Å²) in [6, 6.07) is 22.2. The van der Waals surface area contributed by atoms with Gasteiger partial charge in [0.2, 0.25) is 11.8 Å². The van der Waals surface area contributed by atoms with Gasteiger partial charge in [0.15, 0.2) is 0 Å². The largest absolute Gasteiger partial charge is 0.354 e. The number of nitrogens with one attached hydrogen (secondary N) is 1. The normalized spacial score (nSPS) is 12.2. The predicted octanol–water partition coefficient (Wildman–Crippen LogP) is 5.65. The molecule has 2 amide bonds. The third-order valence-corrected chi connectivity index (χ3v) is 8.68. The highest BCUT2D eigenvalue weighted by atomic mass is 32.2. The van der Waals surface area contributed by atoms with Gasteiger partial charge in [0.1, 0.15) is 12.6 Å². The third-order valence-electron chi connectivity index (χ3n) is 6.89. The minimum Gasteiger partial charge on any atom is -0.354 e. The molecule has 3 rings (SSSR count). The SMILES string of the molecule is CCCCNC(=O)C(C)N(Cc1cccc(C)c1)C(=O)CN(c1ccc(C(C)C)cc1)S(=O)(=O)c1ccccc1. The number of amides is 2. The quantitative estimate of drug-likeness (QED) is 0.273. The molecule has 1 atom stereocenters. The van der Waals surface area contributed by atoms with Crippen molar-refractivity contribution in [2.75, 3.05) is 17.4 Å². The van der Waals surface area contributed by atoms with Gasteiger partial charge in [-0.25, -0.2) is 8.42 Å². The summed E-state index contributed by atoms with van der Waals surface area (Å²) in [6.45, 7) is 10.1. The van der Waals surface area contributed by atoms with E-state index < -0.39 is 28.5 Å². The van der Waals surface area contributed by atoms with Crippen molar-refractivity contribution >= 4 is 27.5 Å². The fraction of sp³-hybridized carbons (Fsp3) is 0.375. The molecule has 0 aliphatic rings. The van der Waals surface area contributed by atoms with Crippen LogP contribution < -0.4 is 9.62 Å². The minimum absolute atomic E-state index is 0.0892. The summed E-state index contributed by atoms with van der Waals surface area (Å²) < 4.78 is 28.9. The van der Waals surface area contributed by atoms with Gasteiger partial charge in [0.05, 0.1) is 10.6 Å². The van der Waals surface area contributed by atoms with E-state index in [2.05, 4.69) is 19.2 Å². The van der Waals surface area contributed by atoms with Crippen LogP contribution in [0.1, 0.15) is 63.1 Å². The standard InChI is InChI=1S/C32H41N3O4S/c1-6-7-20-33-32(37)26(5)34(22-27-13-11-12-25(4)21-27)31(36)23-35(29-18-16-28(17-19-29)24(2)3)40(38,39)30-14-9-8-10-15-30/h8-19,21,24,26H,6-7,20,22-23H2,1-5H3,(H,33,37). The third kappa shape index (κ3) is 7.94.